The third-order valence-electron chi connectivity index (χ3n) is 3.43. The Kier molecular flexibility index (Phi) is 5.10. The molecule has 0 aromatic heterocycles. The summed E-state index contributed by atoms with van der Waals surface area (Å²) in [5.41, 5.74) is 0.779. The minimum atomic E-state index is -2.78. The molecule has 1 unspecified atom stereocenters. The third kappa shape index (κ3) is 4.14. The highest BCUT2D eigenvalue weighted by Crippen LogP contribution is 2.27. The van der Waals surface area contributed by atoms with Crippen LogP contribution in [0.4, 0.5) is 8.78 Å². The van der Waals surface area contributed by atoms with Crippen molar-refractivity contribution in [3.8, 4) is 5.75 Å². The Hall–Kier alpha value is -1.20. The normalized spacial score (nSPS) is 18.5. The Morgan fingerprint density at radius 3 is 2.63 bits per heavy atom. The van der Waals surface area contributed by atoms with Crippen LogP contribution in [-0.4, -0.2) is 25.7 Å². The molecule has 3 nitrogen and oxygen atoms in total. The summed E-state index contributed by atoms with van der Waals surface area (Å²) in [7, 11) is 0. The number of halogens is 2. The van der Waals surface area contributed by atoms with Crippen LogP contribution in [-0.2, 0) is 0 Å². The van der Waals surface area contributed by atoms with Gasteiger partial charge in [-0.15, -0.1) is 0 Å². The zero-order valence-corrected chi connectivity index (χ0v) is 11.0. The molecule has 106 valence electrons. The van der Waals surface area contributed by atoms with Crippen LogP contribution in [0.1, 0.15) is 31.4 Å². The van der Waals surface area contributed by atoms with Gasteiger partial charge >= 0.3 is 6.61 Å². The van der Waals surface area contributed by atoms with E-state index in [-0.39, 0.29) is 11.8 Å². The van der Waals surface area contributed by atoms with E-state index in [1.807, 2.05) is 19.1 Å². The fourth-order valence-corrected chi connectivity index (χ4v) is 2.47. The molecule has 2 rings (SSSR count). The lowest BCUT2D eigenvalue weighted by molar-refractivity contribution is -0.0507. The van der Waals surface area contributed by atoms with E-state index >= 15 is 0 Å². The van der Waals surface area contributed by atoms with Gasteiger partial charge in [0, 0.05) is 17.6 Å². The Labute approximate surface area is 112 Å². The van der Waals surface area contributed by atoms with Crippen molar-refractivity contribution in [2.75, 3.05) is 13.1 Å². The van der Waals surface area contributed by atoms with E-state index in [0.29, 0.717) is 6.04 Å². The monoisotopic (exact) mass is 270 g/mol. The van der Waals surface area contributed by atoms with E-state index in [0.717, 1.165) is 31.5 Å². The number of nitrogens with one attached hydrogen (secondary N) is 2. The van der Waals surface area contributed by atoms with Crippen LogP contribution in [0.3, 0.4) is 0 Å². The molecule has 0 bridgehead atoms. The average molecular weight is 270 g/mol. The molecule has 1 aliphatic rings. The number of rotatable bonds is 5. The summed E-state index contributed by atoms with van der Waals surface area (Å²) in [5, 5.41) is 6.79. The predicted molar refractivity (Wildman–Crippen MR) is 70.5 cm³/mol. The summed E-state index contributed by atoms with van der Waals surface area (Å²) < 4.78 is 29.3. The van der Waals surface area contributed by atoms with Gasteiger partial charge in [0.05, 0.1) is 0 Å². The minimum Gasteiger partial charge on any atom is -0.434 e. The first-order valence-corrected chi connectivity index (χ1v) is 6.67. The van der Waals surface area contributed by atoms with Crippen molar-refractivity contribution in [1.82, 2.24) is 10.6 Å². The fourth-order valence-electron chi connectivity index (χ4n) is 2.47. The second-order valence-electron chi connectivity index (χ2n) is 4.83. The summed E-state index contributed by atoms with van der Waals surface area (Å²) in [6.07, 6.45) is 2.12. The van der Waals surface area contributed by atoms with Gasteiger partial charge in [0.1, 0.15) is 5.75 Å². The first kappa shape index (κ1) is 14.2. The summed E-state index contributed by atoms with van der Waals surface area (Å²) in [5.74, 6) is 0.256. The van der Waals surface area contributed by atoms with Gasteiger partial charge in [-0.3, -0.25) is 0 Å². The van der Waals surface area contributed by atoms with Gasteiger partial charge in [-0.05, 0) is 38.9 Å². The first-order valence-electron chi connectivity index (χ1n) is 6.67. The molecule has 1 fully saturated rings. The van der Waals surface area contributed by atoms with Crippen molar-refractivity contribution in [3.05, 3.63) is 29.8 Å². The van der Waals surface area contributed by atoms with E-state index in [9.17, 15) is 8.78 Å². The second-order valence-corrected chi connectivity index (χ2v) is 4.83. The average Bonchev–Trinajstić information content (AvgIpc) is 2.39. The largest absolute Gasteiger partial charge is 0.434 e. The van der Waals surface area contributed by atoms with E-state index in [2.05, 4.69) is 15.4 Å². The number of ether oxygens (including phenoxy) is 1. The van der Waals surface area contributed by atoms with E-state index in [1.165, 1.54) is 0 Å². The topological polar surface area (TPSA) is 33.3 Å². The molecule has 0 radical (unpaired) electrons. The van der Waals surface area contributed by atoms with Gasteiger partial charge in [-0.1, -0.05) is 18.2 Å². The Balaban J connectivity index is 2.02. The lowest BCUT2D eigenvalue weighted by Gasteiger charge is -2.28. The van der Waals surface area contributed by atoms with Crippen LogP contribution in [0.5, 0.6) is 5.75 Å². The van der Waals surface area contributed by atoms with Crippen LogP contribution in [0.15, 0.2) is 24.3 Å². The van der Waals surface area contributed by atoms with Gasteiger partial charge in [0.15, 0.2) is 0 Å². The Bertz CT molecular complexity index is 395. The molecule has 0 saturated carbocycles. The molecule has 5 heteroatoms. The highest BCUT2D eigenvalue weighted by Gasteiger charge is 2.19. The lowest BCUT2D eigenvalue weighted by Crippen LogP contribution is -2.41. The van der Waals surface area contributed by atoms with Crippen LogP contribution >= 0.6 is 0 Å². The number of para-hydroxylation sites is 1. The fraction of sp³-hybridized carbons (Fsp3) is 0.571. The molecule has 1 heterocycles. The van der Waals surface area contributed by atoms with Crippen LogP contribution in [0.25, 0.3) is 0 Å². The van der Waals surface area contributed by atoms with Gasteiger partial charge in [0.25, 0.3) is 0 Å². The van der Waals surface area contributed by atoms with E-state index in [1.54, 1.807) is 12.1 Å². The van der Waals surface area contributed by atoms with Crippen LogP contribution in [0.2, 0.25) is 0 Å². The molecule has 2 N–H and O–H groups in total. The van der Waals surface area contributed by atoms with E-state index in [4.69, 9.17) is 0 Å². The van der Waals surface area contributed by atoms with Crippen molar-refractivity contribution in [2.24, 2.45) is 0 Å². The third-order valence-corrected chi connectivity index (χ3v) is 3.43. The molecular formula is C14H20F2N2O. The maximum Gasteiger partial charge on any atom is 0.387 e. The number of hydrogen-bond donors (Lipinski definition) is 2. The smallest absolute Gasteiger partial charge is 0.387 e. The molecule has 0 aliphatic carbocycles. The maximum absolute atomic E-state index is 12.4. The molecule has 1 atom stereocenters. The molecule has 1 aliphatic heterocycles. The quantitative estimate of drug-likeness (QED) is 0.863. The van der Waals surface area contributed by atoms with Gasteiger partial charge in [-0.25, -0.2) is 0 Å². The molecule has 1 aromatic rings. The van der Waals surface area contributed by atoms with E-state index < -0.39 is 6.61 Å². The van der Waals surface area contributed by atoms with Crippen molar-refractivity contribution < 1.29 is 13.5 Å². The lowest BCUT2D eigenvalue weighted by atomic mass is 10.0. The minimum absolute atomic E-state index is 0.00181. The zero-order chi connectivity index (χ0) is 13.7. The highest BCUT2D eigenvalue weighted by atomic mass is 19.3. The van der Waals surface area contributed by atoms with Gasteiger partial charge in [0.2, 0.25) is 0 Å². The van der Waals surface area contributed by atoms with Crippen molar-refractivity contribution in [2.45, 2.75) is 38.5 Å². The summed E-state index contributed by atoms with van der Waals surface area (Å²) in [4.78, 5) is 0. The maximum atomic E-state index is 12.4. The van der Waals surface area contributed by atoms with Crippen molar-refractivity contribution >= 4 is 0 Å². The zero-order valence-electron chi connectivity index (χ0n) is 11.0. The Morgan fingerprint density at radius 1 is 1.26 bits per heavy atom. The molecule has 1 aromatic carbocycles. The first-order chi connectivity index (χ1) is 9.16. The second kappa shape index (κ2) is 6.82. The molecule has 0 spiro atoms. The SMILES string of the molecule is CC(NC1CCNCC1)c1ccccc1OC(F)F. The van der Waals surface area contributed by atoms with Crippen LogP contribution < -0.4 is 15.4 Å². The summed E-state index contributed by atoms with van der Waals surface area (Å²) >= 11 is 0. The molecule has 0 amide bonds. The number of alkyl halides is 2. The predicted octanol–water partition coefficient (Wildman–Crippen LogP) is 2.69. The van der Waals surface area contributed by atoms with Crippen molar-refractivity contribution in [1.29, 1.82) is 0 Å². The van der Waals surface area contributed by atoms with Crippen LogP contribution in [0, 0.1) is 0 Å². The number of piperidine rings is 1. The molecule has 1 saturated heterocycles. The molecule has 19 heavy (non-hydrogen) atoms. The number of hydrogen-bond acceptors (Lipinski definition) is 3. The highest BCUT2D eigenvalue weighted by molar-refractivity contribution is 5.35. The van der Waals surface area contributed by atoms with Gasteiger partial charge in [-0.2, -0.15) is 8.78 Å². The van der Waals surface area contributed by atoms with Crippen molar-refractivity contribution in [3.63, 3.8) is 0 Å². The summed E-state index contributed by atoms with van der Waals surface area (Å²) in [6, 6.07) is 7.39. The summed E-state index contributed by atoms with van der Waals surface area (Å²) in [6.45, 7) is 1.20. The Morgan fingerprint density at radius 2 is 1.95 bits per heavy atom. The standard InChI is InChI=1S/C14H20F2N2O/c1-10(18-11-6-8-17-9-7-11)12-4-2-3-5-13(12)19-14(15)16/h2-5,10-11,14,17-18H,6-9H2,1H3. The van der Waals surface area contributed by atoms with Gasteiger partial charge < -0.3 is 15.4 Å². The molecular weight excluding hydrogens is 250 g/mol. The number of benzene rings is 1.